The van der Waals surface area contributed by atoms with E-state index in [-0.39, 0.29) is 18.3 Å². The lowest BCUT2D eigenvalue weighted by molar-refractivity contribution is 0.00578. The molecule has 120 valence electrons. The molecule has 3 rings (SSSR count). The van der Waals surface area contributed by atoms with Crippen molar-refractivity contribution in [2.75, 3.05) is 26.0 Å². The van der Waals surface area contributed by atoms with Crippen molar-refractivity contribution in [1.82, 2.24) is 4.90 Å². The van der Waals surface area contributed by atoms with Gasteiger partial charge in [0.2, 0.25) is 0 Å². The van der Waals surface area contributed by atoms with Crippen molar-refractivity contribution >= 4 is 18.3 Å². The molecule has 0 aliphatic carbocycles. The lowest BCUT2D eigenvalue weighted by Crippen LogP contribution is -2.41. The van der Waals surface area contributed by atoms with E-state index in [1.165, 1.54) is 16.8 Å². The molecule has 4 nitrogen and oxygen atoms in total. The van der Waals surface area contributed by atoms with E-state index in [0.717, 1.165) is 25.0 Å². The molecule has 0 aromatic heterocycles. The standard InChI is InChI=1S/C17H27BN2O2/c1-16(2)17(3,4)22-18(21-16)13-9-12-7-8-20(6)11-14(12)15(10-13)19-5/h9-10,19H,7-8,11H2,1-6H3. The van der Waals surface area contributed by atoms with Gasteiger partial charge in [0.15, 0.2) is 0 Å². The van der Waals surface area contributed by atoms with Crippen LogP contribution >= 0.6 is 0 Å². The van der Waals surface area contributed by atoms with Crippen molar-refractivity contribution in [1.29, 1.82) is 0 Å². The summed E-state index contributed by atoms with van der Waals surface area (Å²) in [6, 6.07) is 4.45. The minimum Gasteiger partial charge on any atom is -0.399 e. The van der Waals surface area contributed by atoms with Crippen LogP contribution in [0.15, 0.2) is 12.1 Å². The molecule has 22 heavy (non-hydrogen) atoms. The molecule has 2 heterocycles. The Balaban J connectivity index is 1.96. The van der Waals surface area contributed by atoms with Gasteiger partial charge in [-0.05, 0) is 63.8 Å². The number of fused-ring (bicyclic) bond motifs is 1. The minimum atomic E-state index is -0.298. The molecule has 0 saturated carbocycles. The smallest absolute Gasteiger partial charge is 0.399 e. The predicted octanol–water partition coefficient (Wildman–Crippen LogP) is 2.02. The third-order valence-electron chi connectivity index (χ3n) is 5.35. The number of nitrogens with zero attached hydrogens (tertiary/aromatic N) is 1. The summed E-state index contributed by atoms with van der Waals surface area (Å²) in [4.78, 5) is 2.36. The summed E-state index contributed by atoms with van der Waals surface area (Å²) in [5.74, 6) is 0. The van der Waals surface area contributed by atoms with E-state index >= 15 is 0 Å². The second-order valence-corrected chi connectivity index (χ2v) is 7.53. The molecule has 1 saturated heterocycles. The van der Waals surface area contributed by atoms with Crippen molar-refractivity contribution in [3.63, 3.8) is 0 Å². The Kier molecular flexibility index (Phi) is 3.79. The van der Waals surface area contributed by atoms with Crippen molar-refractivity contribution in [2.45, 2.75) is 51.9 Å². The summed E-state index contributed by atoms with van der Waals surface area (Å²) in [6.45, 7) is 10.5. The Bertz CT molecular complexity index is 553. The molecular formula is C17H27BN2O2. The molecule has 2 aliphatic rings. The number of nitrogens with one attached hydrogen (secondary N) is 1. The van der Waals surface area contributed by atoms with Crippen LogP contribution in [0.1, 0.15) is 38.8 Å². The number of hydrogen-bond donors (Lipinski definition) is 1. The van der Waals surface area contributed by atoms with Crippen molar-refractivity contribution in [2.24, 2.45) is 0 Å². The van der Waals surface area contributed by atoms with Crippen LogP contribution in [0.3, 0.4) is 0 Å². The number of likely N-dealkylation sites (N-methyl/N-ethyl adjacent to an activating group) is 1. The zero-order valence-electron chi connectivity index (χ0n) is 14.6. The highest BCUT2D eigenvalue weighted by Gasteiger charge is 2.51. The quantitative estimate of drug-likeness (QED) is 0.848. The summed E-state index contributed by atoms with van der Waals surface area (Å²) in [7, 11) is 3.87. The summed E-state index contributed by atoms with van der Waals surface area (Å²) < 4.78 is 12.4. The molecule has 1 fully saturated rings. The first-order chi connectivity index (χ1) is 10.2. The third-order valence-corrected chi connectivity index (χ3v) is 5.35. The van der Waals surface area contributed by atoms with E-state index in [9.17, 15) is 0 Å². The Morgan fingerprint density at radius 2 is 1.77 bits per heavy atom. The topological polar surface area (TPSA) is 33.7 Å². The Morgan fingerprint density at radius 3 is 2.36 bits per heavy atom. The van der Waals surface area contributed by atoms with E-state index < -0.39 is 0 Å². The van der Waals surface area contributed by atoms with Gasteiger partial charge < -0.3 is 19.5 Å². The largest absolute Gasteiger partial charge is 0.494 e. The maximum Gasteiger partial charge on any atom is 0.494 e. The van der Waals surface area contributed by atoms with Crippen LogP contribution in [-0.2, 0) is 22.3 Å². The number of anilines is 1. The first-order valence-corrected chi connectivity index (χ1v) is 8.11. The predicted molar refractivity (Wildman–Crippen MR) is 91.7 cm³/mol. The van der Waals surface area contributed by atoms with Crippen LogP contribution in [0.4, 0.5) is 5.69 Å². The molecule has 1 N–H and O–H groups in total. The molecular weight excluding hydrogens is 275 g/mol. The van der Waals surface area contributed by atoms with Crippen molar-refractivity contribution < 1.29 is 9.31 Å². The molecule has 1 aromatic rings. The SMILES string of the molecule is CNc1cc(B2OC(C)(C)C(C)(C)O2)cc2c1CN(C)CC2. The number of benzene rings is 1. The van der Waals surface area contributed by atoms with E-state index in [4.69, 9.17) is 9.31 Å². The van der Waals surface area contributed by atoms with Gasteiger partial charge in [0.05, 0.1) is 11.2 Å². The Morgan fingerprint density at radius 1 is 1.14 bits per heavy atom. The molecule has 0 unspecified atom stereocenters. The maximum absolute atomic E-state index is 6.20. The molecule has 0 atom stereocenters. The summed E-state index contributed by atoms with van der Waals surface area (Å²) >= 11 is 0. The normalized spacial score (nSPS) is 23.5. The van der Waals surface area contributed by atoms with Crippen LogP contribution in [0, 0.1) is 0 Å². The highest BCUT2D eigenvalue weighted by atomic mass is 16.7. The maximum atomic E-state index is 6.20. The lowest BCUT2D eigenvalue weighted by Gasteiger charge is -2.32. The fourth-order valence-corrected chi connectivity index (χ4v) is 3.17. The lowest BCUT2D eigenvalue weighted by atomic mass is 9.76. The van der Waals surface area contributed by atoms with Gasteiger partial charge in [-0.1, -0.05) is 6.07 Å². The van der Waals surface area contributed by atoms with Gasteiger partial charge in [-0.2, -0.15) is 0 Å². The Labute approximate surface area is 134 Å². The van der Waals surface area contributed by atoms with E-state index in [1.54, 1.807) is 0 Å². The minimum absolute atomic E-state index is 0.290. The molecule has 1 aromatic carbocycles. The molecule has 0 spiro atoms. The van der Waals surface area contributed by atoms with E-state index in [2.05, 4.69) is 57.1 Å². The van der Waals surface area contributed by atoms with Crippen molar-refractivity contribution in [3.8, 4) is 0 Å². The second-order valence-electron chi connectivity index (χ2n) is 7.53. The van der Waals surface area contributed by atoms with Crippen LogP contribution in [-0.4, -0.2) is 43.9 Å². The Hall–Kier alpha value is -1.04. The fourth-order valence-electron chi connectivity index (χ4n) is 3.17. The average Bonchev–Trinajstić information content (AvgIpc) is 2.66. The zero-order chi connectivity index (χ0) is 16.1. The highest BCUT2D eigenvalue weighted by molar-refractivity contribution is 6.62. The van der Waals surface area contributed by atoms with E-state index in [1.807, 2.05) is 7.05 Å². The first kappa shape index (κ1) is 15.8. The van der Waals surface area contributed by atoms with Gasteiger partial charge in [0.25, 0.3) is 0 Å². The van der Waals surface area contributed by atoms with Crippen LogP contribution in [0.25, 0.3) is 0 Å². The molecule has 2 aliphatic heterocycles. The fraction of sp³-hybridized carbons (Fsp3) is 0.647. The highest BCUT2D eigenvalue weighted by Crippen LogP contribution is 2.37. The summed E-state index contributed by atoms with van der Waals surface area (Å²) in [5, 5.41) is 3.34. The van der Waals surface area contributed by atoms with Crippen LogP contribution in [0.2, 0.25) is 0 Å². The molecule has 0 radical (unpaired) electrons. The zero-order valence-corrected chi connectivity index (χ0v) is 14.6. The van der Waals surface area contributed by atoms with Gasteiger partial charge in [-0.15, -0.1) is 0 Å². The number of hydrogen-bond acceptors (Lipinski definition) is 4. The van der Waals surface area contributed by atoms with Gasteiger partial charge in [-0.3, -0.25) is 0 Å². The van der Waals surface area contributed by atoms with Crippen molar-refractivity contribution in [3.05, 3.63) is 23.3 Å². The second kappa shape index (κ2) is 5.26. The van der Waals surface area contributed by atoms with Gasteiger partial charge >= 0.3 is 7.12 Å². The number of rotatable bonds is 2. The first-order valence-electron chi connectivity index (χ1n) is 8.11. The summed E-state index contributed by atoms with van der Waals surface area (Å²) in [5.41, 5.74) is 4.52. The average molecular weight is 302 g/mol. The van der Waals surface area contributed by atoms with Crippen LogP contribution in [0.5, 0.6) is 0 Å². The summed E-state index contributed by atoms with van der Waals surface area (Å²) in [6.07, 6.45) is 1.08. The molecule has 0 bridgehead atoms. The van der Waals surface area contributed by atoms with Gasteiger partial charge in [0.1, 0.15) is 0 Å². The van der Waals surface area contributed by atoms with Crippen LogP contribution < -0.4 is 10.8 Å². The van der Waals surface area contributed by atoms with Gasteiger partial charge in [-0.25, -0.2) is 0 Å². The third kappa shape index (κ3) is 2.55. The monoisotopic (exact) mass is 302 g/mol. The molecule has 5 heteroatoms. The molecule has 0 amide bonds. The van der Waals surface area contributed by atoms with Gasteiger partial charge in [0, 0.05) is 25.8 Å². The van der Waals surface area contributed by atoms with E-state index in [0.29, 0.717) is 0 Å².